The van der Waals surface area contributed by atoms with E-state index in [1.807, 2.05) is 51.1 Å². The van der Waals surface area contributed by atoms with Crippen LogP contribution in [0.5, 0.6) is 5.75 Å². The first-order valence-corrected chi connectivity index (χ1v) is 9.04. The maximum Gasteiger partial charge on any atom is 0.262 e. The average molecular weight is 358 g/mol. The number of para-hydroxylation sites is 1. The minimum atomic E-state index is -0.602. The highest BCUT2D eigenvalue weighted by Gasteiger charge is 2.25. The fourth-order valence-electron chi connectivity index (χ4n) is 2.62. The Morgan fingerprint density at radius 1 is 1.24 bits per heavy atom. The van der Waals surface area contributed by atoms with Crippen LogP contribution in [0.15, 0.2) is 30.3 Å². The van der Waals surface area contributed by atoms with Crippen LogP contribution in [-0.4, -0.2) is 23.4 Å². The maximum absolute atomic E-state index is 12.5. The van der Waals surface area contributed by atoms with Crippen LogP contribution < -0.4 is 15.4 Å². The number of carbonyl (C=O) groups is 2. The number of hydrogen-bond acceptors (Lipinski definition) is 4. The van der Waals surface area contributed by atoms with Gasteiger partial charge in [-0.2, -0.15) is 0 Å². The van der Waals surface area contributed by atoms with E-state index in [0.29, 0.717) is 11.5 Å². The second-order valence-corrected chi connectivity index (χ2v) is 8.24. The van der Waals surface area contributed by atoms with Gasteiger partial charge in [0.15, 0.2) is 0 Å². The van der Waals surface area contributed by atoms with Crippen molar-refractivity contribution in [3.63, 3.8) is 0 Å². The first kappa shape index (κ1) is 17.5. The molecule has 0 radical (unpaired) electrons. The van der Waals surface area contributed by atoms with Crippen molar-refractivity contribution in [3.05, 3.63) is 40.8 Å². The summed E-state index contributed by atoms with van der Waals surface area (Å²) in [6, 6.07) is 9.05. The Bertz CT molecular complexity index is 820. The number of fused-ring (bicyclic) bond motifs is 3. The summed E-state index contributed by atoms with van der Waals surface area (Å²) in [4.78, 5) is 26.3. The van der Waals surface area contributed by atoms with Crippen molar-refractivity contribution in [2.45, 2.75) is 45.9 Å². The van der Waals surface area contributed by atoms with E-state index in [9.17, 15) is 9.59 Å². The van der Waals surface area contributed by atoms with Gasteiger partial charge in [-0.25, -0.2) is 0 Å². The van der Waals surface area contributed by atoms with Crippen LogP contribution >= 0.6 is 11.3 Å². The monoisotopic (exact) mass is 358 g/mol. The smallest absolute Gasteiger partial charge is 0.262 e. The maximum atomic E-state index is 12.5. The third kappa shape index (κ3) is 3.85. The lowest BCUT2D eigenvalue weighted by Gasteiger charge is -2.23. The third-order valence-electron chi connectivity index (χ3n) is 3.79. The van der Waals surface area contributed by atoms with E-state index in [4.69, 9.17) is 4.74 Å². The zero-order valence-electron chi connectivity index (χ0n) is 14.8. The molecule has 1 aliphatic rings. The number of nitrogens with one attached hydrogen (secondary N) is 2. The molecule has 1 aromatic heterocycles. The highest BCUT2D eigenvalue weighted by atomic mass is 32.1. The quantitative estimate of drug-likeness (QED) is 0.884. The van der Waals surface area contributed by atoms with Crippen LogP contribution in [0.3, 0.4) is 0 Å². The van der Waals surface area contributed by atoms with Crippen molar-refractivity contribution in [2.75, 3.05) is 0 Å². The van der Waals surface area contributed by atoms with Crippen molar-refractivity contribution < 1.29 is 14.3 Å². The summed E-state index contributed by atoms with van der Waals surface area (Å²) in [5.74, 6) is 0.394. The lowest BCUT2D eigenvalue weighted by atomic mass is 10.1. The normalized spacial score (nSPS) is 13.9. The second-order valence-electron chi connectivity index (χ2n) is 7.18. The molecule has 1 aromatic carbocycles. The fraction of sp³-hybridized carbons (Fsp3) is 0.368. The van der Waals surface area contributed by atoms with Gasteiger partial charge in [-0.05, 0) is 45.9 Å². The van der Waals surface area contributed by atoms with Gasteiger partial charge in [0.05, 0.1) is 4.88 Å². The average Bonchev–Trinajstić information content (AvgIpc) is 2.98. The van der Waals surface area contributed by atoms with E-state index >= 15 is 0 Å². The lowest BCUT2D eigenvalue weighted by Crippen LogP contribution is -2.50. The molecule has 0 spiro atoms. The minimum absolute atomic E-state index is 0.198. The zero-order chi connectivity index (χ0) is 18.2. The summed E-state index contributed by atoms with van der Waals surface area (Å²) in [6.45, 7) is 7.86. The summed E-state index contributed by atoms with van der Waals surface area (Å²) < 4.78 is 5.73. The summed E-state index contributed by atoms with van der Waals surface area (Å²) >= 11 is 1.43. The van der Waals surface area contributed by atoms with Crippen LogP contribution in [-0.2, 0) is 11.4 Å². The van der Waals surface area contributed by atoms with Crippen LogP contribution in [0.2, 0.25) is 0 Å². The zero-order valence-corrected chi connectivity index (χ0v) is 15.6. The van der Waals surface area contributed by atoms with Gasteiger partial charge in [0.2, 0.25) is 5.91 Å². The second kappa shape index (κ2) is 6.52. The van der Waals surface area contributed by atoms with Gasteiger partial charge >= 0.3 is 0 Å². The van der Waals surface area contributed by atoms with Gasteiger partial charge < -0.3 is 15.4 Å². The molecule has 1 aliphatic heterocycles. The van der Waals surface area contributed by atoms with Gasteiger partial charge in [-0.15, -0.1) is 11.3 Å². The number of rotatable bonds is 3. The Labute approximate surface area is 151 Å². The van der Waals surface area contributed by atoms with Crippen LogP contribution in [0, 0.1) is 0 Å². The summed E-state index contributed by atoms with van der Waals surface area (Å²) in [5, 5.41) is 5.64. The Kier molecular flexibility index (Phi) is 4.56. The molecule has 0 saturated carbocycles. The molecule has 0 bridgehead atoms. The predicted molar refractivity (Wildman–Crippen MR) is 98.9 cm³/mol. The molecule has 2 amide bonds. The summed E-state index contributed by atoms with van der Waals surface area (Å²) in [6.07, 6.45) is 0. The number of hydrogen-bond donors (Lipinski definition) is 2. The molecule has 5 nitrogen and oxygen atoms in total. The Morgan fingerprint density at radius 2 is 1.96 bits per heavy atom. The Balaban J connectivity index is 1.75. The van der Waals surface area contributed by atoms with E-state index in [1.54, 1.807) is 6.92 Å². The summed E-state index contributed by atoms with van der Waals surface area (Å²) in [7, 11) is 0. The summed E-state index contributed by atoms with van der Waals surface area (Å²) in [5.41, 5.74) is 1.67. The van der Waals surface area contributed by atoms with E-state index in [-0.39, 0.29) is 17.4 Å². The van der Waals surface area contributed by atoms with E-state index < -0.39 is 6.04 Å². The van der Waals surface area contributed by atoms with Gasteiger partial charge in [-0.3, -0.25) is 9.59 Å². The lowest BCUT2D eigenvalue weighted by molar-refractivity contribution is -0.124. The van der Waals surface area contributed by atoms with Gasteiger partial charge in [0.25, 0.3) is 5.91 Å². The molecule has 3 rings (SSSR count). The largest absolute Gasteiger partial charge is 0.488 e. The Morgan fingerprint density at radius 3 is 2.68 bits per heavy atom. The van der Waals surface area contributed by atoms with Gasteiger partial charge in [0, 0.05) is 21.5 Å². The van der Waals surface area contributed by atoms with Crippen LogP contribution in [0.25, 0.3) is 10.4 Å². The van der Waals surface area contributed by atoms with Crippen molar-refractivity contribution in [3.8, 4) is 16.2 Å². The molecule has 1 unspecified atom stereocenters. The number of benzene rings is 1. The molecule has 2 heterocycles. The number of ether oxygens (including phenoxy) is 1. The van der Waals surface area contributed by atoms with E-state index in [0.717, 1.165) is 21.8 Å². The molecule has 1 atom stereocenters. The number of carbonyl (C=O) groups excluding carboxylic acids is 2. The SMILES string of the molecule is CC(NC(=O)c1cc2c(s1)-c1ccccc1OC2)C(=O)NC(C)(C)C. The van der Waals surface area contributed by atoms with Gasteiger partial charge in [0.1, 0.15) is 18.4 Å². The van der Waals surface area contributed by atoms with Crippen molar-refractivity contribution in [1.29, 1.82) is 0 Å². The molecular weight excluding hydrogens is 336 g/mol. The molecule has 0 saturated heterocycles. The predicted octanol–water partition coefficient (Wildman–Crippen LogP) is 3.34. The molecule has 2 N–H and O–H groups in total. The molecule has 132 valence electrons. The molecule has 6 heteroatoms. The molecular formula is C19H22N2O3S. The van der Waals surface area contributed by atoms with Crippen molar-refractivity contribution in [1.82, 2.24) is 10.6 Å². The van der Waals surface area contributed by atoms with E-state index in [2.05, 4.69) is 10.6 Å². The van der Waals surface area contributed by atoms with Crippen LogP contribution in [0.1, 0.15) is 42.9 Å². The van der Waals surface area contributed by atoms with Crippen molar-refractivity contribution in [2.24, 2.45) is 0 Å². The first-order chi connectivity index (χ1) is 11.7. The fourth-order valence-corrected chi connectivity index (χ4v) is 3.72. The third-order valence-corrected chi connectivity index (χ3v) is 5.00. The molecule has 2 aromatic rings. The molecule has 0 fully saturated rings. The van der Waals surface area contributed by atoms with Crippen molar-refractivity contribution >= 4 is 23.2 Å². The standard InChI is InChI=1S/C19H22N2O3S/c1-11(17(22)21-19(2,3)4)20-18(23)15-9-12-10-24-14-8-6-5-7-13(14)16(12)25-15/h5-9,11H,10H2,1-4H3,(H,20,23)(H,21,22). The highest BCUT2D eigenvalue weighted by molar-refractivity contribution is 7.17. The van der Waals surface area contributed by atoms with Gasteiger partial charge in [-0.1, -0.05) is 12.1 Å². The number of amides is 2. The molecule has 0 aliphatic carbocycles. The number of thiophene rings is 1. The van der Waals surface area contributed by atoms with E-state index in [1.165, 1.54) is 11.3 Å². The molecule has 25 heavy (non-hydrogen) atoms. The minimum Gasteiger partial charge on any atom is -0.488 e. The topological polar surface area (TPSA) is 67.4 Å². The van der Waals surface area contributed by atoms with Crippen LogP contribution in [0.4, 0.5) is 0 Å². The first-order valence-electron chi connectivity index (χ1n) is 8.22. The highest BCUT2D eigenvalue weighted by Crippen LogP contribution is 2.42. The Hall–Kier alpha value is -2.34.